The Morgan fingerprint density at radius 1 is 1.53 bits per heavy atom. The van der Waals surface area contributed by atoms with Gasteiger partial charge in [-0.05, 0) is 6.72 Å². The molecule has 0 spiro atoms. The van der Waals surface area contributed by atoms with E-state index >= 15 is 0 Å². The average molecular weight is 201 g/mol. The largest absolute Gasteiger partial charge is 0.298 e. The molecular formula is C10H11N5. The Kier molecular flexibility index (Phi) is 3.45. The highest BCUT2D eigenvalue weighted by molar-refractivity contribution is 6.38. The van der Waals surface area contributed by atoms with E-state index in [1.165, 1.54) is 29.5 Å². The maximum absolute atomic E-state index is 7.69. The number of aromatic nitrogens is 2. The Morgan fingerprint density at radius 2 is 2.27 bits per heavy atom. The van der Waals surface area contributed by atoms with Gasteiger partial charge in [-0.15, -0.1) is 0 Å². The van der Waals surface area contributed by atoms with E-state index in [1.807, 2.05) is 0 Å². The van der Waals surface area contributed by atoms with E-state index in [-0.39, 0.29) is 5.71 Å². The Labute approximate surface area is 87.7 Å². The monoisotopic (exact) mass is 201 g/mol. The minimum atomic E-state index is 0.199. The summed E-state index contributed by atoms with van der Waals surface area (Å²) in [4.78, 5) is 7.53. The van der Waals surface area contributed by atoms with Gasteiger partial charge in [0.15, 0.2) is 5.82 Å². The molecular weight excluding hydrogens is 190 g/mol. The predicted molar refractivity (Wildman–Crippen MR) is 63.3 cm³/mol. The molecule has 0 bridgehead atoms. The van der Waals surface area contributed by atoms with Crippen molar-refractivity contribution < 1.29 is 0 Å². The summed E-state index contributed by atoms with van der Waals surface area (Å²) in [6.45, 7) is 10.4. The van der Waals surface area contributed by atoms with Crippen molar-refractivity contribution in [3.8, 4) is 0 Å². The summed E-state index contributed by atoms with van der Waals surface area (Å²) in [6.07, 6.45) is 5.73. The summed E-state index contributed by atoms with van der Waals surface area (Å²) in [5.41, 5.74) is 0.751. The van der Waals surface area contributed by atoms with Crippen LogP contribution in [-0.4, -0.2) is 28.4 Å². The molecule has 0 saturated heterocycles. The maximum Gasteiger partial charge on any atom is 0.163 e. The fourth-order valence-corrected chi connectivity index (χ4v) is 1.03. The fraction of sp³-hybridized carbons (Fsp3) is 0. The van der Waals surface area contributed by atoms with Gasteiger partial charge in [-0.25, -0.2) is 9.67 Å². The first-order valence-corrected chi connectivity index (χ1v) is 4.14. The lowest BCUT2D eigenvalue weighted by Crippen LogP contribution is -1.99. The molecule has 76 valence electrons. The van der Waals surface area contributed by atoms with E-state index in [4.69, 9.17) is 5.41 Å². The molecule has 0 fully saturated rings. The molecule has 1 heterocycles. The number of nitrogens with zero attached hydrogens (tertiary/aromatic N) is 4. The lowest BCUT2D eigenvalue weighted by atomic mass is 10.2. The quantitative estimate of drug-likeness (QED) is 0.726. The van der Waals surface area contributed by atoms with E-state index in [1.54, 1.807) is 0 Å². The molecule has 1 rings (SSSR count). The number of hydrogen-bond donors (Lipinski definition) is 1. The van der Waals surface area contributed by atoms with E-state index in [0.29, 0.717) is 11.4 Å². The maximum atomic E-state index is 7.69. The zero-order valence-electron chi connectivity index (χ0n) is 8.22. The van der Waals surface area contributed by atoms with Crippen LogP contribution in [0.1, 0.15) is 5.56 Å². The summed E-state index contributed by atoms with van der Waals surface area (Å²) in [5.74, 6) is 0.477. The van der Waals surface area contributed by atoms with Crippen LogP contribution in [0.5, 0.6) is 0 Å². The van der Waals surface area contributed by atoms with E-state index in [0.717, 1.165) is 0 Å². The molecule has 1 aromatic rings. The lowest BCUT2D eigenvalue weighted by Gasteiger charge is -1.97. The van der Waals surface area contributed by atoms with Crippen molar-refractivity contribution in [3.05, 3.63) is 31.1 Å². The van der Waals surface area contributed by atoms with Gasteiger partial charge in [-0.3, -0.25) is 10.4 Å². The highest BCUT2D eigenvalue weighted by Crippen LogP contribution is 2.18. The summed E-state index contributed by atoms with van der Waals surface area (Å²) in [5, 5.41) is 11.7. The molecule has 0 aliphatic carbocycles. The predicted octanol–water partition coefficient (Wildman–Crippen LogP) is 1.90. The van der Waals surface area contributed by atoms with Crippen molar-refractivity contribution in [2.45, 2.75) is 0 Å². The normalized spacial score (nSPS) is 10.1. The minimum absolute atomic E-state index is 0.199. The van der Waals surface area contributed by atoms with Gasteiger partial charge < -0.3 is 0 Å². The molecule has 5 nitrogen and oxygen atoms in total. The molecule has 0 aliphatic rings. The van der Waals surface area contributed by atoms with Gasteiger partial charge >= 0.3 is 0 Å². The molecule has 0 aromatic carbocycles. The summed E-state index contributed by atoms with van der Waals surface area (Å²) in [6, 6.07) is 0. The van der Waals surface area contributed by atoms with Crippen molar-refractivity contribution in [2.24, 2.45) is 9.98 Å². The van der Waals surface area contributed by atoms with Gasteiger partial charge in [-0.1, -0.05) is 13.2 Å². The van der Waals surface area contributed by atoms with Crippen molar-refractivity contribution in [1.82, 2.24) is 9.78 Å². The Morgan fingerprint density at radius 3 is 2.80 bits per heavy atom. The van der Waals surface area contributed by atoms with Crippen molar-refractivity contribution >= 4 is 30.7 Å². The Hall–Kier alpha value is -2.30. The zero-order valence-corrected chi connectivity index (χ0v) is 8.22. The number of rotatable bonds is 5. The highest BCUT2D eigenvalue weighted by Gasteiger charge is 2.10. The third-order valence-corrected chi connectivity index (χ3v) is 1.69. The second kappa shape index (κ2) is 4.80. The third kappa shape index (κ3) is 2.14. The van der Waals surface area contributed by atoms with Crippen LogP contribution in [-0.2, 0) is 0 Å². The standard InChI is InChI=1S/C10H11N5/c1-4-13-7-9(11)8-6-14-15(5-2)10(8)12-3/h4-7,11H,1-3H2. The minimum Gasteiger partial charge on any atom is -0.298 e. The summed E-state index contributed by atoms with van der Waals surface area (Å²) >= 11 is 0. The molecule has 0 radical (unpaired) electrons. The number of nitrogens with one attached hydrogen (secondary N) is 1. The molecule has 15 heavy (non-hydrogen) atoms. The van der Waals surface area contributed by atoms with Crippen LogP contribution < -0.4 is 0 Å². The second-order valence-corrected chi connectivity index (χ2v) is 2.54. The second-order valence-electron chi connectivity index (χ2n) is 2.54. The first-order chi connectivity index (χ1) is 7.24. The number of hydrogen-bond acceptors (Lipinski definition) is 4. The first-order valence-electron chi connectivity index (χ1n) is 4.14. The van der Waals surface area contributed by atoms with Gasteiger partial charge in [0.1, 0.15) is 0 Å². The molecule has 0 unspecified atom stereocenters. The molecule has 5 heteroatoms. The fourth-order valence-electron chi connectivity index (χ4n) is 1.03. The van der Waals surface area contributed by atoms with Crippen LogP contribution >= 0.6 is 0 Å². The van der Waals surface area contributed by atoms with E-state index in [2.05, 4.69) is 35.0 Å². The molecule has 0 atom stereocenters. The van der Waals surface area contributed by atoms with Crippen LogP contribution in [0, 0.1) is 5.41 Å². The SMILES string of the molecule is C=CN=CC(=N)c1cnn(C=C)c1N=C. The topological polar surface area (TPSA) is 66.4 Å². The van der Waals surface area contributed by atoms with Crippen LogP contribution in [0.3, 0.4) is 0 Å². The molecule has 0 saturated carbocycles. The van der Waals surface area contributed by atoms with Crippen LogP contribution in [0.4, 0.5) is 5.82 Å². The van der Waals surface area contributed by atoms with Gasteiger partial charge in [0.05, 0.1) is 23.7 Å². The van der Waals surface area contributed by atoms with Crippen LogP contribution in [0.2, 0.25) is 0 Å². The molecule has 0 aliphatic heterocycles. The van der Waals surface area contributed by atoms with Crippen molar-refractivity contribution in [2.75, 3.05) is 0 Å². The van der Waals surface area contributed by atoms with E-state index in [9.17, 15) is 0 Å². The van der Waals surface area contributed by atoms with Gasteiger partial charge in [0.2, 0.25) is 0 Å². The zero-order chi connectivity index (χ0) is 11.3. The third-order valence-electron chi connectivity index (χ3n) is 1.69. The smallest absolute Gasteiger partial charge is 0.163 e. The lowest BCUT2D eigenvalue weighted by molar-refractivity contribution is 0.936. The van der Waals surface area contributed by atoms with Crippen molar-refractivity contribution in [1.29, 1.82) is 5.41 Å². The van der Waals surface area contributed by atoms with Gasteiger partial charge in [0.25, 0.3) is 0 Å². The van der Waals surface area contributed by atoms with Crippen LogP contribution in [0.15, 0.2) is 35.5 Å². The molecule has 1 N–H and O–H groups in total. The summed E-state index contributed by atoms with van der Waals surface area (Å²) < 4.78 is 1.44. The Bertz CT molecular complexity index is 439. The van der Waals surface area contributed by atoms with Gasteiger partial charge in [-0.2, -0.15) is 5.10 Å². The van der Waals surface area contributed by atoms with Crippen LogP contribution in [0.25, 0.3) is 6.20 Å². The highest BCUT2D eigenvalue weighted by atomic mass is 15.3. The summed E-state index contributed by atoms with van der Waals surface area (Å²) in [7, 11) is 0. The van der Waals surface area contributed by atoms with E-state index < -0.39 is 0 Å². The average Bonchev–Trinajstić information content (AvgIpc) is 2.68. The first kappa shape index (κ1) is 10.8. The number of aliphatic imine (C=N–C) groups is 2. The molecule has 0 amide bonds. The van der Waals surface area contributed by atoms with Crippen molar-refractivity contribution in [3.63, 3.8) is 0 Å². The van der Waals surface area contributed by atoms with Gasteiger partial charge in [0, 0.05) is 12.4 Å². The molecule has 1 aromatic heterocycles. The Balaban J connectivity index is 3.14.